The first-order valence-electron chi connectivity index (χ1n) is 19.5. The fourth-order valence-corrected chi connectivity index (χ4v) is 8.74. The van der Waals surface area contributed by atoms with Crippen molar-refractivity contribution in [3.63, 3.8) is 0 Å². The van der Waals surface area contributed by atoms with Crippen LogP contribution in [0.3, 0.4) is 0 Å². The molecule has 58 heavy (non-hydrogen) atoms. The summed E-state index contributed by atoms with van der Waals surface area (Å²) in [6.45, 7) is 0. The van der Waals surface area contributed by atoms with E-state index in [1.54, 1.807) is 0 Å². The van der Waals surface area contributed by atoms with E-state index in [1.165, 1.54) is 27.1 Å². The van der Waals surface area contributed by atoms with Crippen molar-refractivity contribution < 1.29 is 8.83 Å². The second-order valence-electron chi connectivity index (χ2n) is 14.8. The summed E-state index contributed by atoms with van der Waals surface area (Å²) in [5, 5.41) is 7.11. The fourth-order valence-electron chi connectivity index (χ4n) is 8.74. The first kappa shape index (κ1) is 32.4. The van der Waals surface area contributed by atoms with Crippen LogP contribution in [-0.2, 0) is 0 Å². The molecule has 5 heteroatoms. The number of para-hydroxylation sites is 3. The third-order valence-corrected chi connectivity index (χ3v) is 11.4. The molecule has 5 nitrogen and oxygen atoms in total. The molecule has 0 aliphatic heterocycles. The van der Waals surface area contributed by atoms with E-state index in [0.717, 1.165) is 72.4 Å². The molecule has 0 bridgehead atoms. The number of anilines is 3. The minimum absolute atomic E-state index is 0.586. The molecule has 0 unspecified atom stereocenters. The lowest BCUT2D eigenvalue weighted by Gasteiger charge is -2.26. The van der Waals surface area contributed by atoms with Crippen molar-refractivity contribution in [2.75, 3.05) is 4.90 Å². The van der Waals surface area contributed by atoms with Gasteiger partial charge in [-0.3, -0.25) is 0 Å². The van der Waals surface area contributed by atoms with E-state index in [0.29, 0.717) is 11.5 Å². The SMILES string of the molecule is c1ccc(-c2nc3cccc(N(c4cccc(-c5ccc6c7c8ccccc8ccc7n(-c7ccccc7)c6c5)c4)c4ccc5oc6ccccc6c5c4)c3o2)cc1. The number of rotatable bonds is 6. The zero-order chi connectivity index (χ0) is 38.2. The largest absolute Gasteiger partial charge is 0.456 e. The van der Waals surface area contributed by atoms with Gasteiger partial charge in [-0.25, -0.2) is 4.98 Å². The van der Waals surface area contributed by atoms with Gasteiger partial charge in [0.25, 0.3) is 0 Å². The lowest BCUT2D eigenvalue weighted by atomic mass is 10.0. The van der Waals surface area contributed by atoms with Gasteiger partial charge in [0.15, 0.2) is 5.58 Å². The molecular weight excluding hydrogens is 711 g/mol. The summed E-state index contributed by atoms with van der Waals surface area (Å²) in [5.74, 6) is 0.586. The highest BCUT2D eigenvalue weighted by atomic mass is 16.3. The van der Waals surface area contributed by atoms with Crippen molar-refractivity contribution >= 4 is 82.7 Å². The maximum Gasteiger partial charge on any atom is 0.227 e. The Morgan fingerprint density at radius 2 is 1.16 bits per heavy atom. The van der Waals surface area contributed by atoms with Gasteiger partial charge < -0.3 is 18.3 Å². The zero-order valence-electron chi connectivity index (χ0n) is 31.2. The highest BCUT2D eigenvalue weighted by Gasteiger charge is 2.22. The van der Waals surface area contributed by atoms with Gasteiger partial charge in [0.1, 0.15) is 16.7 Å². The second-order valence-corrected chi connectivity index (χ2v) is 14.8. The topological polar surface area (TPSA) is 47.3 Å². The van der Waals surface area contributed by atoms with Crippen molar-refractivity contribution in [3.8, 4) is 28.3 Å². The molecule has 0 amide bonds. The number of nitrogens with zero attached hydrogens (tertiary/aromatic N) is 3. The molecule has 0 atom stereocenters. The molecule has 0 spiro atoms. The van der Waals surface area contributed by atoms with Crippen LogP contribution in [0, 0.1) is 0 Å². The Morgan fingerprint density at radius 3 is 2.05 bits per heavy atom. The standard InChI is InChI=1S/C53H33N3O2/c1-3-14-35(15-4-1)53-54-45-22-12-23-47(52(45)58-53)55(40-27-30-50-44(33-40)42-21-9-10-24-49(42)57-50)39-19-11-16-36(31-39)37-25-28-43-48(32-37)56(38-17-5-2-6-18-38)46-29-26-34-13-7-8-20-41(34)51(43)46/h1-33H. The molecule has 3 aromatic heterocycles. The predicted molar refractivity (Wildman–Crippen MR) is 239 cm³/mol. The summed E-state index contributed by atoms with van der Waals surface area (Å²) < 4.78 is 15.3. The van der Waals surface area contributed by atoms with Crippen molar-refractivity contribution in [1.29, 1.82) is 0 Å². The van der Waals surface area contributed by atoms with Crippen molar-refractivity contribution in [1.82, 2.24) is 9.55 Å². The van der Waals surface area contributed by atoms with E-state index in [1.807, 2.05) is 48.5 Å². The zero-order valence-corrected chi connectivity index (χ0v) is 31.2. The van der Waals surface area contributed by atoms with E-state index in [2.05, 4.69) is 161 Å². The van der Waals surface area contributed by atoms with Crippen LogP contribution in [0.5, 0.6) is 0 Å². The summed E-state index contributed by atoms with van der Waals surface area (Å²) >= 11 is 0. The second kappa shape index (κ2) is 12.8. The molecule has 0 radical (unpaired) electrons. The van der Waals surface area contributed by atoms with Gasteiger partial charge in [-0.05, 0) is 107 Å². The molecule has 0 fully saturated rings. The van der Waals surface area contributed by atoms with Crippen LogP contribution in [0.25, 0.3) is 93.9 Å². The van der Waals surface area contributed by atoms with E-state index >= 15 is 0 Å². The quantitative estimate of drug-likeness (QED) is 0.170. The lowest BCUT2D eigenvalue weighted by molar-refractivity contribution is 0.620. The molecule has 0 aliphatic rings. The predicted octanol–water partition coefficient (Wildman–Crippen LogP) is 14.8. The number of hydrogen-bond donors (Lipinski definition) is 0. The van der Waals surface area contributed by atoms with Gasteiger partial charge in [-0.1, -0.05) is 115 Å². The monoisotopic (exact) mass is 743 g/mol. The summed E-state index contributed by atoms with van der Waals surface area (Å²) in [7, 11) is 0. The Bertz CT molecular complexity index is 3520. The Labute approximate surface area is 333 Å². The Balaban J connectivity index is 1.07. The normalized spacial score (nSPS) is 11.8. The van der Waals surface area contributed by atoms with Crippen LogP contribution in [0.1, 0.15) is 0 Å². The number of aromatic nitrogens is 2. The van der Waals surface area contributed by atoms with Crippen molar-refractivity contribution in [2.24, 2.45) is 0 Å². The fraction of sp³-hybridized carbons (Fsp3) is 0. The van der Waals surface area contributed by atoms with Gasteiger partial charge in [-0.2, -0.15) is 0 Å². The first-order chi connectivity index (χ1) is 28.7. The van der Waals surface area contributed by atoms with Crippen LogP contribution in [0.4, 0.5) is 17.1 Å². The van der Waals surface area contributed by atoms with Crippen molar-refractivity contribution in [2.45, 2.75) is 0 Å². The molecule has 9 aromatic carbocycles. The summed E-state index contributed by atoms with van der Waals surface area (Å²) in [6, 6.07) is 70.4. The lowest BCUT2D eigenvalue weighted by Crippen LogP contribution is -2.10. The smallest absolute Gasteiger partial charge is 0.227 e. The molecular formula is C53H33N3O2. The maximum atomic E-state index is 6.66. The number of furan rings is 1. The van der Waals surface area contributed by atoms with E-state index in [4.69, 9.17) is 13.8 Å². The highest BCUT2D eigenvalue weighted by Crippen LogP contribution is 2.44. The van der Waals surface area contributed by atoms with Crippen LogP contribution in [0.15, 0.2) is 209 Å². The minimum atomic E-state index is 0.586. The Kier molecular flexibility index (Phi) is 7.16. The van der Waals surface area contributed by atoms with Crippen molar-refractivity contribution in [3.05, 3.63) is 200 Å². The number of fused-ring (bicyclic) bond motifs is 9. The molecule has 12 aromatic rings. The molecule has 0 aliphatic carbocycles. The first-order valence-corrected chi connectivity index (χ1v) is 19.5. The maximum absolute atomic E-state index is 6.66. The van der Waals surface area contributed by atoms with Gasteiger partial charge >= 0.3 is 0 Å². The molecule has 272 valence electrons. The minimum Gasteiger partial charge on any atom is -0.456 e. The van der Waals surface area contributed by atoms with E-state index in [9.17, 15) is 0 Å². The van der Waals surface area contributed by atoms with Gasteiger partial charge in [0.05, 0.1) is 16.7 Å². The number of benzene rings is 9. The molecule has 0 saturated carbocycles. The Morgan fingerprint density at radius 1 is 0.431 bits per heavy atom. The summed E-state index contributed by atoms with van der Waals surface area (Å²) in [4.78, 5) is 7.23. The highest BCUT2D eigenvalue weighted by molar-refractivity contribution is 6.21. The van der Waals surface area contributed by atoms with Gasteiger partial charge in [0.2, 0.25) is 5.89 Å². The molecule has 12 rings (SSSR count). The average molecular weight is 744 g/mol. The van der Waals surface area contributed by atoms with Gasteiger partial charge in [-0.15, -0.1) is 0 Å². The van der Waals surface area contributed by atoms with Crippen LogP contribution in [0.2, 0.25) is 0 Å². The van der Waals surface area contributed by atoms with Crippen LogP contribution < -0.4 is 4.90 Å². The Hall–Kier alpha value is -7.89. The van der Waals surface area contributed by atoms with E-state index < -0.39 is 0 Å². The van der Waals surface area contributed by atoms with Crippen LogP contribution in [-0.4, -0.2) is 9.55 Å². The summed E-state index contributed by atoms with van der Waals surface area (Å²) in [5.41, 5.74) is 12.7. The summed E-state index contributed by atoms with van der Waals surface area (Å²) in [6.07, 6.45) is 0. The molecule has 3 heterocycles. The molecule has 0 N–H and O–H groups in total. The molecule has 0 saturated heterocycles. The van der Waals surface area contributed by atoms with Crippen LogP contribution >= 0.6 is 0 Å². The van der Waals surface area contributed by atoms with E-state index in [-0.39, 0.29) is 0 Å². The van der Waals surface area contributed by atoms with Gasteiger partial charge in [0, 0.05) is 44.2 Å². The number of hydrogen-bond acceptors (Lipinski definition) is 4. The number of oxazole rings is 1. The third kappa shape index (κ3) is 5.07. The average Bonchev–Trinajstić information content (AvgIpc) is 3.99. The third-order valence-electron chi connectivity index (χ3n) is 11.4.